The molecule has 0 spiro atoms. The van der Waals surface area contributed by atoms with Crippen molar-refractivity contribution in [2.24, 2.45) is 0 Å². The Hall–Kier alpha value is -4.40. The van der Waals surface area contributed by atoms with Gasteiger partial charge in [0.2, 0.25) is 0 Å². The maximum Gasteiger partial charge on any atom is 0.327 e. The monoisotopic (exact) mass is 588 g/mol. The fourth-order valence-corrected chi connectivity index (χ4v) is 5.58. The SMILES string of the molecule is CC(C)(OC#N)c1csc(-c2ccc(F)cc2)n1.Cc1ccc(-c2nc(C(C)(C)NC(=O)n3ccnc3)cs2)cc1. The molecule has 2 aromatic carbocycles. The van der Waals surface area contributed by atoms with E-state index in [1.54, 1.807) is 56.0 Å². The summed E-state index contributed by atoms with van der Waals surface area (Å²) in [6.45, 7) is 9.50. The number of rotatable bonds is 6. The van der Waals surface area contributed by atoms with Gasteiger partial charge in [0.1, 0.15) is 22.2 Å². The lowest BCUT2D eigenvalue weighted by molar-refractivity contribution is 0.0665. The average Bonchev–Trinajstić information content (AvgIpc) is 3.72. The van der Waals surface area contributed by atoms with E-state index in [-0.39, 0.29) is 11.8 Å². The lowest BCUT2D eigenvalue weighted by Crippen LogP contribution is -2.43. The first-order valence-electron chi connectivity index (χ1n) is 12.6. The van der Waals surface area contributed by atoms with Gasteiger partial charge in [-0.2, -0.15) is 5.26 Å². The fraction of sp³-hybridized carbons (Fsp3) is 0.233. The van der Waals surface area contributed by atoms with Gasteiger partial charge < -0.3 is 10.1 Å². The van der Waals surface area contributed by atoms with Crippen LogP contribution in [-0.4, -0.2) is 25.6 Å². The quantitative estimate of drug-likeness (QED) is 0.206. The normalized spacial score (nSPS) is 11.2. The van der Waals surface area contributed by atoms with Gasteiger partial charge in [-0.05, 0) is 58.9 Å². The molecule has 0 radical (unpaired) electrons. The van der Waals surface area contributed by atoms with E-state index >= 15 is 0 Å². The number of aryl methyl sites for hydroxylation is 1. The van der Waals surface area contributed by atoms with Gasteiger partial charge in [-0.1, -0.05) is 29.8 Å². The van der Waals surface area contributed by atoms with Crippen LogP contribution in [-0.2, 0) is 15.9 Å². The predicted octanol–water partition coefficient (Wildman–Crippen LogP) is 7.49. The van der Waals surface area contributed by atoms with Gasteiger partial charge in [-0.15, -0.1) is 22.7 Å². The number of benzene rings is 2. The van der Waals surface area contributed by atoms with Crippen LogP contribution in [0.15, 0.2) is 78.0 Å². The largest absolute Gasteiger partial charge is 0.415 e. The van der Waals surface area contributed by atoms with Gasteiger partial charge in [-0.3, -0.25) is 4.57 Å². The minimum absolute atomic E-state index is 0.225. The zero-order chi connectivity index (χ0) is 29.6. The second kappa shape index (κ2) is 12.4. The molecule has 0 bridgehead atoms. The maximum atomic E-state index is 12.8. The number of nitriles is 1. The molecule has 8 nitrogen and oxygen atoms in total. The average molecular weight is 589 g/mol. The van der Waals surface area contributed by atoms with Gasteiger partial charge in [0, 0.05) is 34.3 Å². The molecule has 0 aliphatic rings. The summed E-state index contributed by atoms with van der Waals surface area (Å²) in [4.78, 5) is 25.2. The fourth-order valence-electron chi connectivity index (χ4n) is 3.61. The van der Waals surface area contributed by atoms with Crippen molar-refractivity contribution < 1.29 is 13.9 Å². The lowest BCUT2D eigenvalue weighted by atomic mass is 10.0. The summed E-state index contributed by atoms with van der Waals surface area (Å²) >= 11 is 3.02. The number of thiazole rings is 2. The summed E-state index contributed by atoms with van der Waals surface area (Å²) in [6, 6.07) is 14.2. The Kier molecular flexibility index (Phi) is 8.95. The molecule has 41 heavy (non-hydrogen) atoms. The van der Waals surface area contributed by atoms with E-state index in [1.165, 1.54) is 39.9 Å². The highest BCUT2D eigenvalue weighted by Gasteiger charge is 2.27. The van der Waals surface area contributed by atoms with E-state index in [0.717, 1.165) is 26.8 Å². The molecule has 0 saturated heterocycles. The summed E-state index contributed by atoms with van der Waals surface area (Å²) < 4.78 is 19.2. The molecule has 11 heteroatoms. The molecule has 1 N–H and O–H groups in total. The second-order valence-electron chi connectivity index (χ2n) is 10.2. The predicted molar refractivity (Wildman–Crippen MR) is 159 cm³/mol. The molecular weight excluding hydrogens is 560 g/mol. The highest BCUT2D eigenvalue weighted by Crippen LogP contribution is 2.31. The molecule has 0 atom stereocenters. The van der Waals surface area contributed by atoms with Crippen LogP contribution in [0.3, 0.4) is 0 Å². The molecule has 210 valence electrons. The Labute approximate surface area is 246 Å². The highest BCUT2D eigenvalue weighted by atomic mass is 32.1. The maximum absolute atomic E-state index is 12.8. The molecular formula is C30H29FN6O2S2. The Balaban J connectivity index is 0.000000195. The molecule has 0 saturated carbocycles. The molecule has 5 rings (SSSR count). The standard InChI is InChI=1S/C17H18N4OS.C13H11FN2OS/c1-12-4-6-13(7-5-12)15-19-14(10-23-15)17(2,3)20-16(22)21-9-8-18-11-21;1-13(2,17-8-15)11-7-18-12(16-11)9-3-5-10(14)6-4-9/h4-11H,1-3H3,(H,20,22);3-7H,1-2H3. The number of aromatic nitrogens is 4. The van der Waals surface area contributed by atoms with Crippen molar-refractivity contribution in [1.29, 1.82) is 5.26 Å². The van der Waals surface area contributed by atoms with Crippen molar-refractivity contribution in [2.75, 3.05) is 0 Å². The van der Waals surface area contributed by atoms with Crippen LogP contribution >= 0.6 is 22.7 Å². The summed E-state index contributed by atoms with van der Waals surface area (Å²) in [5.41, 5.74) is 3.37. The van der Waals surface area contributed by atoms with E-state index in [0.29, 0.717) is 5.69 Å². The summed E-state index contributed by atoms with van der Waals surface area (Å²) in [7, 11) is 0. The molecule has 0 fully saturated rings. The van der Waals surface area contributed by atoms with Crippen molar-refractivity contribution in [3.63, 3.8) is 0 Å². The van der Waals surface area contributed by atoms with Crippen LogP contribution in [0.1, 0.15) is 44.6 Å². The third kappa shape index (κ3) is 7.42. The number of nitrogens with zero attached hydrogens (tertiary/aromatic N) is 5. The van der Waals surface area contributed by atoms with Gasteiger partial charge in [0.25, 0.3) is 6.26 Å². The number of hydrogen-bond acceptors (Lipinski definition) is 8. The van der Waals surface area contributed by atoms with Crippen molar-refractivity contribution in [3.8, 4) is 27.4 Å². The Morgan fingerprint density at radius 3 is 2.07 bits per heavy atom. The molecule has 3 heterocycles. The molecule has 0 unspecified atom stereocenters. The van der Waals surface area contributed by atoms with Gasteiger partial charge in [-0.25, -0.2) is 24.1 Å². The zero-order valence-corrected chi connectivity index (χ0v) is 24.9. The molecule has 5 aromatic rings. The number of hydrogen-bond donors (Lipinski definition) is 1. The van der Waals surface area contributed by atoms with Gasteiger partial charge >= 0.3 is 6.03 Å². The van der Waals surface area contributed by atoms with Crippen LogP contribution in [0.5, 0.6) is 0 Å². The number of carbonyl (C=O) groups is 1. The van der Waals surface area contributed by atoms with Crippen LogP contribution in [0.4, 0.5) is 9.18 Å². The van der Waals surface area contributed by atoms with Crippen LogP contribution in [0.25, 0.3) is 21.1 Å². The summed E-state index contributed by atoms with van der Waals surface area (Å²) in [6.07, 6.45) is 6.34. The third-order valence-electron chi connectivity index (χ3n) is 6.11. The number of halogens is 1. The van der Waals surface area contributed by atoms with Gasteiger partial charge in [0.05, 0.1) is 16.9 Å². The minimum Gasteiger partial charge on any atom is -0.415 e. The zero-order valence-electron chi connectivity index (χ0n) is 23.3. The van der Waals surface area contributed by atoms with E-state index in [1.807, 2.05) is 24.6 Å². The smallest absolute Gasteiger partial charge is 0.327 e. The first-order valence-corrected chi connectivity index (χ1v) is 14.4. The number of ether oxygens (including phenoxy) is 1. The number of carbonyl (C=O) groups excluding carboxylic acids is 1. The van der Waals surface area contributed by atoms with Crippen LogP contribution in [0, 0.1) is 24.3 Å². The molecule has 0 aliphatic carbocycles. The minimum atomic E-state index is -0.746. The summed E-state index contributed by atoms with van der Waals surface area (Å²) in [5, 5.41) is 17.1. The van der Waals surface area contributed by atoms with Crippen molar-refractivity contribution >= 4 is 28.7 Å². The van der Waals surface area contributed by atoms with Crippen LogP contribution < -0.4 is 5.32 Å². The first kappa shape index (κ1) is 29.6. The first-order chi connectivity index (χ1) is 19.5. The highest BCUT2D eigenvalue weighted by molar-refractivity contribution is 7.13. The number of amides is 1. The van der Waals surface area contributed by atoms with Crippen LogP contribution in [0.2, 0.25) is 0 Å². The van der Waals surface area contributed by atoms with E-state index in [4.69, 9.17) is 15.0 Å². The van der Waals surface area contributed by atoms with Crippen molar-refractivity contribution in [2.45, 2.75) is 45.8 Å². The van der Waals surface area contributed by atoms with E-state index in [9.17, 15) is 9.18 Å². The van der Waals surface area contributed by atoms with Crippen molar-refractivity contribution in [3.05, 3.63) is 101 Å². The summed E-state index contributed by atoms with van der Waals surface area (Å²) in [5.74, 6) is -0.274. The Morgan fingerprint density at radius 1 is 0.951 bits per heavy atom. The van der Waals surface area contributed by atoms with Gasteiger partial charge in [0.15, 0.2) is 5.60 Å². The molecule has 3 aromatic heterocycles. The Morgan fingerprint density at radius 2 is 1.51 bits per heavy atom. The topological polar surface area (TPSA) is 106 Å². The number of imidazole rings is 1. The third-order valence-corrected chi connectivity index (χ3v) is 7.90. The van der Waals surface area contributed by atoms with E-state index in [2.05, 4.69) is 46.5 Å². The second-order valence-corrected chi connectivity index (χ2v) is 11.9. The van der Waals surface area contributed by atoms with E-state index < -0.39 is 11.1 Å². The lowest BCUT2D eigenvalue weighted by Gasteiger charge is -2.24. The molecule has 0 aliphatic heterocycles. The number of nitrogens with one attached hydrogen (secondary N) is 1. The molecule has 1 amide bonds. The van der Waals surface area contributed by atoms with Crippen molar-refractivity contribution in [1.82, 2.24) is 24.8 Å². The Bertz CT molecular complexity index is 1630.